The zero-order valence-corrected chi connectivity index (χ0v) is 9.18. The number of aromatic nitrogens is 1. The molecule has 0 N–H and O–H groups in total. The fourth-order valence-corrected chi connectivity index (χ4v) is 2.42. The van der Waals surface area contributed by atoms with Crippen molar-refractivity contribution in [3.63, 3.8) is 0 Å². The standard InChI is InChI=1S/C14H13NO/c1-9(16)12-6-13(12)14-8-15-7-10-4-2-3-5-11(10)14/h2-5,7-8,12-13H,6H2,1H3. The van der Waals surface area contributed by atoms with Crippen LogP contribution in [0, 0.1) is 5.92 Å². The predicted molar refractivity (Wildman–Crippen MR) is 63.3 cm³/mol. The Morgan fingerprint density at radius 1 is 1.31 bits per heavy atom. The van der Waals surface area contributed by atoms with Crippen LogP contribution in [-0.4, -0.2) is 10.8 Å². The Balaban J connectivity index is 2.08. The van der Waals surface area contributed by atoms with Crippen LogP contribution in [0.1, 0.15) is 24.8 Å². The molecule has 16 heavy (non-hydrogen) atoms. The van der Waals surface area contributed by atoms with E-state index in [0.29, 0.717) is 11.7 Å². The molecule has 2 heteroatoms. The molecule has 2 aromatic rings. The van der Waals surface area contributed by atoms with Crippen LogP contribution in [0.4, 0.5) is 0 Å². The summed E-state index contributed by atoms with van der Waals surface area (Å²) in [5.41, 5.74) is 1.23. The molecular formula is C14H13NO. The van der Waals surface area contributed by atoms with Gasteiger partial charge in [-0.15, -0.1) is 0 Å². The lowest BCUT2D eigenvalue weighted by Crippen LogP contribution is -1.95. The summed E-state index contributed by atoms with van der Waals surface area (Å²) in [5, 5.41) is 2.40. The maximum atomic E-state index is 11.3. The van der Waals surface area contributed by atoms with E-state index in [1.54, 1.807) is 6.92 Å². The summed E-state index contributed by atoms with van der Waals surface area (Å²) in [7, 11) is 0. The predicted octanol–water partition coefficient (Wildman–Crippen LogP) is 2.93. The Morgan fingerprint density at radius 2 is 2.12 bits per heavy atom. The Labute approximate surface area is 94.3 Å². The summed E-state index contributed by atoms with van der Waals surface area (Å²) in [4.78, 5) is 15.6. The third kappa shape index (κ3) is 1.42. The van der Waals surface area contributed by atoms with Gasteiger partial charge in [-0.1, -0.05) is 24.3 Å². The highest BCUT2D eigenvalue weighted by Crippen LogP contribution is 2.49. The van der Waals surface area contributed by atoms with Crippen LogP contribution in [0.2, 0.25) is 0 Å². The van der Waals surface area contributed by atoms with E-state index in [1.165, 1.54) is 10.9 Å². The molecule has 2 nitrogen and oxygen atoms in total. The lowest BCUT2D eigenvalue weighted by Gasteiger charge is -2.04. The first-order chi connectivity index (χ1) is 7.77. The van der Waals surface area contributed by atoms with Crippen LogP contribution in [0.3, 0.4) is 0 Å². The van der Waals surface area contributed by atoms with Gasteiger partial charge in [0.15, 0.2) is 0 Å². The van der Waals surface area contributed by atoms with Crippen LogP contribution in [-0.2, 0) is 4.79 Å². The van der Waals surface area contributed by atoms with Crippen LogP contribution in [0.25, 0.3) is 10.8 Å². The van der Waals surface area contributed by atoms with Gasteiger partial charge in [0, 0.05) is 23.7 Å². The number of carbonyl (C=O) groups is 1. The molecule has 0 aliphatic heterocycles. The quantitative estimate of drug-likeness (QED) is 0.764. The van der Waals surface area contributed by atoms with Crippen molar-refractivity contribution in [2.75, 3.05) is 0 Å². The normalized spacial score (nSPS) is 23.3. The molecule has 2 unspecified atom stereocenters. The molecule has 1 saturated carbocycles. The number of pyridine rings is 1. The highest BCUT2D eigenvalue weighted by molar-refractivity contribution is 5.88. The topological polar surface area (TPSA) is 30.0 Å². The van der Waals surface area contributed by atoms with Crippen molar-refractivity contribution in [3.05, 3.63) is 42.2 Å². The van der Waals surface area contributed by atoms with Gasteiger partial charge in [-0.2, -0.15) is 0 Å². The average molecular weight is 211 g/mol. The van der Waals surface area contributed by atoms with Crippen LogP contribution >= 0.6 is 0 Å². The first kappa shape index (κ1) is 9.52. The van der Waals surface area contributed by atoms with E-state index in [2.05, 4.69) is 17.1 Å². The molecule has 80 valence electrons. The number of hydrogen-bond donors (Lipinski definition) is 0. The van der Waals surface area contributed by atoms with Gasteiger partial charge in [-0.05, 0) is 30.2 Å². The lowest BCUT2D eigenvalue weighted by atomic mass is 10.0. The maximum Gasteiger partial charge on any atom is 0.133 e. The van der Waals surface area contributed by atoms with Crippen molar-refractivity contribution >= 4 is 16.6 Å². The summed E-state index contributed by atoms with van der Waals surface area (Å²) in [6.45, 7) is 1.68. The Hall–Kier alpha value is -1.70. The number of Topliss-reactive ketones (excluding diaryl/α,β-unsaturated/α-hetero) is 1. The second kappa shape index (κ2) is 3.41. The van der Waals surface area contributed by atoms with Gasteiger partial charge in [-0.3, -0.25) is 9.78 Å². The molecule has 0 spiro atoms. The molecule has 2 atom stereocenters. The Morgan fingerprint density at radius 3 is 2.88 bits per heavy atom. The summed E-state index contributed by atoms with van der Waals surface area (Å²) >= 11 is 0. The molecule has 3 rings (SSSR count). The molecule has 0 saturated heterocycles. The summed E-state index contributed by atoms with van der Waals surface area (Å²) < 4.78 is 0. The number of nitrogens with zero attached hydrogens (tertiary/aromatic N) is 1. The first-order valence-corrected chi connectivity index (χ1v) is 5.60. The largest absolute Gasteiger partial charge is 0.300 e. The third-order valence-corrected chi connectivity index (χ3v) is 3.41. The second-order valence-electron chi connectivity index (χ2n) is 4.51. The molecule has 0 radical (unpaired) electrons. The van der Waals surface area contributed by atoms with Gasteiger partial charge < -0.3 is 0 Å². The van der Waals surface area contributed by atoms with E-state index in [9.17, 15) is 4.79 Å². The minimum absolute atomic E-state index is 0.229. The second-order valence-corrected chi connectivity index (χ2v) is 4.51. The first-order valence-electron chi connectivity index (χ1n) is 5.60. The van der Waals surface area contributed by atoms with Crippen molar-refractivity contribution in [1.82, 2.24) is 4.98 Å². The van der Waals surface area contributed by atoms with E-state index in [-0.39, 0.29) is 5.92 Å². The summed E-state index contributed by atoms with van der Waals surface area (Å²) in [5.74, 6) is 0.932. The summed E-state index contributed by atoms with van der Waals surface area (Å²) in [6, 6.07) is 8.24. The summed E-state index contributed by atoms with van der Waals surface area (Å²) in [6.07, 6.45) is 4.78. The van der Waals surface area contributed by atoms with Crippen LogP contribution in [0.5, 0.6) is 0 Å². The van der Waals surface area contributed by atoms with E-state index < -0.39 is 0 Å². The van der Waals surface area contributed by atoms with Crippen molar-refractivity contribution in [2.24, 2.45) is 5.92 Å². The van der Waals surface area contributed by atoms with Crippen LogP contribution < -0.4 is 0 Å². The van der Waals surface area contributed by atoms with Crippen molar-refractivity contribution in [2.45, 2.75) is 19.3 Å². The SMILES string of the molecule is CC(=O)C1CC1c1cncc2ccccc12. The van der Waals surface area contributed by atoms with E-state index >= 15 is 0 Å². The van der Waals surface area contributed by atoms with E-state index in [4.69, 9.17) is 0 Å². The lowest BCUT2D eigenvalue weighted by molar-refractivity contribution is -0.118. The molecule has 1 heterocycles. The van der Waals surface area contributed by atoms with Crippen molar-refractivity contribution in [1.29, 1.82) is 0 Å². The molecular weight excluding hydrogens is 198 g/mol. The highest BCUT2D eigenvalue weighted by atomic mass is 16.1. The Bertz CT molecular complexity index is 556. The fourth-order valence-electron chi connectivity index (χ4n) is 2.42. The molecule has 0 bridgehead atoms. The number of carbonyl (C=O) groups excluding carboxylic acids is 1. The van der Waals surface area contributed by atoms with Crippen molar-refractivity contribution in [3.8, 4) is 0 Å². The van der Waals surface area contributed by atoms with Crippen molar-refractivity contribution < 1.29 is 4.79 Å². The number of hydrogen-bond acceptors (Lipinski definition) is 2. The number of ketones is 1. The maximum absolute atomic E-state index is 11.3. The molecule has 1 aliphatic rings. The highest BCUT2D eigenvalue weighted by Gasteiger charge is 2.42. The smallest absolute Gasteiger partial charge is 0.133 e. The molecule has 1 aliphatic carbocycles. The molecule has 1 fully saturated rings. The van der Waals surface area contributed by atoms with Gasteiger partial charge >= 0.3 is 0 Å². The number of benzene rings is 1. The monoisotopic (exact) mass is 211 g/mol. The minimum Gasteiger partial charge on any atom is -0.300 e. The van der Waals surface area contributed by atoms with Gasteiger partial charge in [0.25, 0.3) is 0 Å². The number of rotatable bonds is 2. The molecule has 1 aromatic heterocycles. The van der Waals surface area contributed by atoms with E-state index in [0.717, 1.165) is 11.8 Å². The average Bonchev–Trinajstić information content (AvgIpc) is 3.08. The minimum atomic E-state index is 0.229. The zero-order chi connectivity index (χ0) is 11.1. The van der Waals surface area contributed by atoms with Gasteiger partial charge in [0.2, 0.25) is 0 Å². The van der Waals surface area contributed by atoms with Crippen LogP contribution in [0.15, 0.2) is 36.7 Å². The molecule has 1 aromatic carbocycles. The van der Waals surface area contributed by atoms with Gasteiger partial charge in [-0.25, -0.2) is 0 Å². The van der Waals surface area contributed by atoms with Gasteiger partial charge in [0.1, 0.15) is 5.78 Å². The van der Waals surface area contributed by atoms with Gasteiger partial charge in [0.05, 0.1) is 0 Å². The van der Waals surface area contributed by atoms with E-state index in [1.807, 2.05) is 24.5 Å². The third-order valence-electron chi connectivity index (χ3n) is 3.41. The Kier molecular flexibility index (Phi) is 2.03. The zero-order valence-electron chi connectivity index (χ0n) is 9.18. The fraction of sp³-hybridized carbons (Fsp3) is 0.286. The molecule has 0 amide bonds. The number of fused-ring (bicyclic) bond motifs is 1.